The first-order valence-corrected chi connectivity index (χ1v) is 7.24. The van der Waals surface area contributed by atoms with Gasteiger partial charge in [0.05, 0.1) is 0 Å². The van der Waals surface area contributed by atoms with E-state index in [4.69, 9.17) is 0 Å². The molecule has 0 amide bonds. The van der Waals surface area contributed by atoms with Crippen LogP contribution in [0.3, 0.4) is 0 Å². The van der Waals surface area contributed by atoms with Crippen LogP contribution in [0.4, 0.5) is 5.69 Å². The van der Waals surface area contributed by atoms with Gasteiger partial charge in [0.1, 0.15) is 0 Å². The van der Waals surface area contributed by atoms with Crippen molar-refractivity contribution in [2.75, 3.05) is 11.9 Å². The smallest absolute Gasteiger partial charge is 0.0343 e. The fourth-order valence-corrected chi connectivity index (χ4v) is 3.39. The molecule has 0 aliphatic heterocycles. The second-order valence-corrected chi connectivity index (χ2v) is 6.20. The van der Waals surface area contributed by atoms with Gasteiger partial charge in [0.2, 0.25) is 0 Å². The molecule has 0 aromatic heterocycles. The molecular weight excluding hydrogens is 218 g/mol. The summed E-state index contributed by atoms with van der Waals surface area (Å²) in [5, 5.41) is 3.63. The zero-order chi connectivity index (χ0) is 12.5. The van der Waals surface area contributed by atoms with E-state index in [-0.39, 0.29) is 0 Å². The largest absolute Gasteiger partial charge is 0.385 e. The first-order valence-electron chi connectivity index (χ1n) is 7.24. The minimum atomic E-state index is 0.608. The molecule has 1 heteroatoms. The highest BCUT2D eigenvalue weighted by Gasteiger charge is 2.35. The topological polar surface area (TPSA) is 12.0 Å². The number of hydrogen-bond donors (Lipinski definition) is 1. The molecule has 1 fully saturated rings. The van der Waals surface area contributed by atoms with Crippen molar-refractivity contribution in [3.05, 3.63) is 42.0 Å². The van der Waals surface area contributed by atoms with Gasteiger partial charge in [-0.1, -0.05) is 38.1 Å². The number of hydrogen-bond acceptors (Lipinski definition) is 1. The lowest BCUT2D eigenvalue weighted by Crippen LogP contribution is -2.18. The Kier molecular flexibility index (Phi) is 3.15. The normalized spacial score (nSPS) is 29.2. The number of allylic oxidation sites excluding steroid dienone is 2. The summed E-state index contributed by atoms with van der Waals surface area (Å²) < 4.78 is 0. The minimum Gasteiger partial charge on any atom is -0.385 e. The fraction of sp³-hybridized carbons (Fsp3) is 0.529. The molecular formula is C17H23N. The quantitative estimate of drug-likeness (QED) is 0.769. The number of anilines is 1. The van der Waals surface area contributed by atoms with Crippen LogP contribution >= 0.6 is 0 Å². The van der Waals surface area contributed by atoms with Gasteiger partial charge in [-0.15, -0.1) is 0 Å². The second-order valence-electron chi connectivity index (χ2n) is 6.20. The van der Waals surface area contributed by atoms with Gasteiger partial charge < -0.3 is 5.32 Å². The first kappa shape index (κ1) is 11.8. The highest BCUT2D eigenvalue weighted by atomic mass is 14.9. The molecule has 0 heterocycles. The lowest BCUT2D eigenvalue weighted by atomic mass is 9.93. The van der Waals surface area contributed by atoms with E-state index in [1.807, 2.05) is 0 Å². The van der Waals surface area contributed by atoms with E-state index in [2.05, 4.69) is 55.6 Å². The summed E-state index contributed by atoms with van der Waals surface area (Å²) in [5.74, 6) is 3.18. The Bertz CT molecular complexity index is 447. The molecule has 1 aromatic carbocycles. The van der Waals surface area contributed by atoms with Crippen molar-refractivity contribution in [1.29, 1.82) is 0 Å². The Morgan fingerprint density at radius 1 is 1.22 bits per heavy atom. The molecule has 1 N–H and O–H groups in total. The van der Waals surface area contributed by atoms with Crippen molar-refractivity contribution in [2.45, 2.75) is 32.6 Å². The highest BCUT2D eigenvalue weighted by molar-refractivity contribution is 5.46. The van der Waals surface area contributed by atoms with Crippen molar-refractivity contribution >= 4 is 5.69 Å². The number of fused-ring (bicyclic) bond motifs is 2. The molecule has 1 nitrogen and oxygen atoms in total. The summed E-state index contributed by atoms with van der Waals surface area (Å²) >= 11 is 0. The lowest BCUT2D eigenvalue weighted by Gasteiger charge is -2.19. The molecule has 1 saturated carbocycles. The molecule has 2 bridgehead atoms. The van der Waals surface area contributed by atoms with E-state index >= 15 is 0 Å². The van der Waals surface area contributed by atoms with Gasteiger partial charge >= 0.3 is 0 Å². The van der Waals surface area contributed by atoms with Gasteiger partial charge in [0, 0.05) is 12.2 Å². The van der Waals surface area contributed by atoms with Gasteiger partial charge in [0.15, 0.2) is 0 Å². The van der Waals surface area contributed by atoms with Crippen LogP contribution in [0.5, 0.6) is 0 Å². The van der Waals surface area contributed by atoms with Crippen LogP contribution in [0.1, 0.15) is 38.2 Å². The van der Waals surface area contributed by atoms with Crippen molar-refractivity contribution in [1.82, 2.24) is 0 Å². The molecule has 2 aliphatic rings. The maximum Gasteiger partial charge on any atom is 0.0343 e. The predicted molar refractivity (Wildman–Crippen MR) is 77.9 cm³/mol. The van der Waals surface area contributed by atoms with E-state index in [0.717, 1.165) is 24.3 Å². The standard InChI is InChI=1S/C17H23N/c1-12(2)14-4-3-5-17(10-14)18-11-16-9-13-6-7-15(16)8-13/h3-7,10,12-13,15-16,18H,8-9,11H2,1-2H3. The van der Waals surface area contributed by atoms with E-state index in [0.29, 0.717) is 5.92 Å². The molecule has 1 aromatic rings. The predicted octanol–water partition coefficient (Wildman–Crippen LogP) is 4.43. The van der Waals surface area contributed by atoms with Crippen molar-refractivity contribution in [3.8, 4) is 0 Å². The Labute approximate surface area is 110 Å². The maximum atomic E-state index is 3.63. The average Bonchev–Trinajstić information content (AvgIpc) is 2.99. The van der Waals surface area contributed by atoms with Crippen LogP contribution in [0.25, 0.3) is 0 Å². The third-order valence-corrected chi connectivity index (χ3v) is 4.54. The molecule has 3 atom stereocenters. The Morgan fingerprint density at radius 2 is 2.11 bits per heavy atom. The number of benzene rings is 1. The third kappa shape index (κ3) is 2.31. The van der Waals surface area contributed by atoms with Crippen LogP contribution in [0.15, 0.2) is 36.4 Å². The summed E-state index contributed by atoms with van der Waals surface area (Å²) in [7, 11) is 0. The van der Waals surface area contributed by atoms with Gasteiger partial charge in [-0.3, -0.25) is 0 Å². The second kappa shape index (κ2) is 4.79. The molecule has 0 radical (unpaired) electrons. The maximum absolute atomic E-state index is 3.63. The van der Waals surface area contributed by atoms with Crippen molar-refractivity contribution in [2.24, 2.45) is 17.8 Å². The summed E-state index contributed by atoms with van der Waals surface area (Å²) in [4.78, 5) is 0. The zero-order valence-electron chi connectivity index (χ0n) is 11.4. The SMILES string of the molecule is CC(C)c1cccc(NCC2CC3C=CC2C3)c1. The van der Waals surface area contributed by atoms with Gasteiger partial charge in [-0.25, -0.2) is 0 Å². The molecule has 3 rings (SSSR count). The minimum absolute atomic E-state index is 0.608. The van der Waals surface area contributed by atoms with Crippen LogP contribution < -0.4 is 5.32 Å². The van der Waals surface area contributed by atoms with Gasteiger partial charge in [-0.05, 0) is 54.2 Å². The highest BCUT2D eigenvalue weighted by Crippen LogP contribution is 2.43. The van der Waals surface area contributed by atoms with E-state index in [1.165, 1.54) is 24.1 Å². The van der Waals surface area contributed by atoms with Crippen LogP contribution in [0.2, 0.25) is 0 Å². The fourth-order valence-electron chi connectivity index (χ4n) is 3.39. The monoisotopic (exact) mass is 241 g/mol. The van der Waals surface area contributed by atoms with E-state index in [1.54, 1.807) is 0 Å². The Hall–Kier alpha value is -1.24. The number of nitrogens with one attached hydrogen (secondary N) is 1. The summed E-state index contributed by atoms with van der Waals surface area (Å²) in [6.45, 7) is 5.63. The van der Waals surface area contributed by atoms with Crippen molar-refractivity contribution in [3.63, 3.8) is 0 Å². The first-order chi connectivity index (χ1) is 8.72. The van der Waals surface area contributed by atoms with Crippen LogP contribution in [0, 0.1) is 17.8 Å². The third-order valence-electron chi connectivity index (χ3n) is 4.54. The summed E-state index contributed by atoms with van der Waals surface area (Å²) in [6, 6.07) is 8.87. The van der Waals surface area contributed by atoms with Crippen LogP contribution in [-0.2, 0) is 0 Å². The summed E-state index contributed by atoms with van der Waals surface area (Å²) in [6.07, 6.45) is 7.64. The van der Waals surface area contributed by atoms with Crippen LogP contribution in [-0.4, -0.2) is 6.54 Å². The lowest BCUT2D eigenvalue weighted by molar-refractivity contribution is 0.472. The molecule has 3 unspecified atom stereocenters. The zero-order valence-corrected chi connectivity index (χ0v) is 11.4. The Morgan fingerprint density at radius 3 is 2.78 bits per heavy atom. The van der Waals surface area contributed by atoms with E-state index < -0.39 is 0 Å². The summed E-state index contributed by atoms with van der Waals surface area (Å²) in [5.41, 5.74) is 2.71. The molecule has 96 valence electrons. The molecule has 18 heavy (non-hydrogen) atoms. The average molecular weight is 241 g/mol. The van der Waals surface area contributed by atoms with Gasteiger partial charge in [-0.2, -0.15) is 0 Å². The molecule has 0 spiro atoms. The molecule has 2 aliphatic carbocycles. The number of rotatable bonds is 4. The van der Waals surface area contributed by atoms with E-state index in [9.17, 15) is 0 Å². The Balaban J connectivity index is 1.60. The van der Waals surface area contributed by atoms with Crippen molar-refractivity contribution < 1.29 is 0 Å². The van der Waals surface area contributed by atoms with Gasteiger partial charge in [0.25, 0.3) is 0 Å². The molecule has 0 saturated heterocycles.